The maximum Gasteiger partial charge on any atom is 0.0204 e. The first-order valence-corrected chi connectivity index (χ1v) is 4.89. The Morgan fingerprint density at radius 1 is 1.50 bits per heavy atom. The Labute approximate surface area is 82.1 Å². The van der Waals surface area contributed by atoms with Gasteiger partial charge in [0.15, 0.2) is 0 Å². The van der Waals surface area contributed by atoms with Gasteiger partial charge in [-0.05, 0) is 37.5 Å². The van der Waals surface area contributed by atoms with E-state index in [-0.39, 0.29) is 6.04 Å². The van der Waals surface area contributed by atoms with Crippen molar-refractivity contribution in [2.24, 2.45) is 5.73 Å². The summed E-state index contributed by atoms with van der Waals surface area (Å²) in [6, 6.07) is 6.60. The minimum atomic E-state index is 0.241. The first-order chi connectivity index (χ1) is 5.59. The number of rotatable bonds is 2. The number of hydrogen-bond donors (Lipinski definition) is 1. The van der Waals surface area contributed by atoms with Crippen LogP contribution in [0.3, 0.4) is 0 Å². The lowest BCUT2D eigenvalue weighted by Crippen LogP contribution is -2.17. The summed E-state index contributed by atoms with van der Waals surface area (Å²) < 4.78 is 1.16. The van der Waals surface area contributed by atoms with Crippen LogP contribution >= 0.6 is 15.9 Å². The van der Waals surface area contributed by atoms with Crippen LogP contribution in [0.2, 0.25) is 0 Å². The fourth-order valence-corrected chi connectivity index (χ4v) is 1.45. The predicted octanol–water partition coefficient (Wildman–Crippen LogP) is 2.65. The van der Waals surface area contributed by atoms with Gasteiger partial charge in [-0.1, -0.05) is 28.1 Å². The highest BCUT2D eigenvalue weighted by molar-refractivity contribution is 9.10. The largest absolute Gasteiger partial charge is 0.328 e. The van der Waals surface area contributed by atoms with Crippen LogP contribution in [0.1, 0.15) is 18.1 Å². The van der Waals surface area contributed by atoms with Crippen LogP contribution < -0.4 is 5.73 Å². The molecule has 12 heavy (non-hydrogen) atoms. The molecule has 0 bridgehead atoms. The van der Waals surface area contributed by atoms with Gasteiger partial charge in [0, 0.05) is 10.5 Å². The number of halogens is 1. The molecule has 1 rings (SSSR count). The van der Waals surface area contributed by atoms with Crippen LogP contribution in [0.5, 0.6) is 0 Å². The average molecular weight is 228 g/mol. The Bertz CT molecular complexity index is 269. The summed E-state index contributed by atoms with van der Waals surface area (Å²) in [5.74, 6) is 0. The Balaban J connectivity index is 2.82. The molecular weight excluding hydrogens is 214 g/mol. The molecule has 0 spiro atoms. The zero-order chi connectivity index (χ0) is 9.14. The van der Waals surface area contributed by atoms with Gasteiger partial charge in [0.05, 0.1) is 0 Å². The molecule has 0 aromatic heterocycles. The lowest BCUT2D eigenvalue weighted by molar-refractivity contribution is 0.737. The molecule has 0 saturated heterocycles. The van der Waals surface area contributed by atoms with Gasteiger partial charge in [0.1, 0.15) is 0 Å². The zero-order valence-electron chi connectivity index (χ0n) is 7.47. The first-order valence-electron chi connectivity index (χ1n) is 4.10. The third-order valence-electron chi connectivity index (χ3n) is 1.78. The van der Waals surface area contributed by atoms with Gasteiger partial charge in [-0.15, -0.1) is 0 Å². The Morgan fingerprint density at radius 3 is 2.67 bits per heavy atom. The molecule has 1 nitrogen and oxygen atoms in total. The minimum absolute atomic E-state index is 0.241. The van der Waals surface area contributed by atoms with Crippen molar-refractivity contribution in [1.82, 2.24) is 0 Å². The lowest BCUT2D eigenvalue weighted by atomic mass is 10.1. The molecule has 0 amide bonds. The smallest absolute Gasteiger partial charge is 0.0204 e. The molecule has 0 saturated carbocycles. The normalized spacial score (nSPS) is 13.0. The predicted molar refractivity (Wildman–Crippen MR) is 56.2 cm³/mol. The molecule has 0 aliphatic rings. The molecule has 0 heterocycles. The van der Waals surface area contributed by atoms with Crippen molar-refractivity contribution in [2.75, 3.05) is 0 Å². The molecule has 0 aliphatic heterocycles. The Hall–Kier alpha value is -0.340. The summed E-state index contributed by atoms with van der Waals surface area (Å²) in [6.45, 7) is 4.12. The zero-order valence-corrected chi connectivity index (χ0v) is 9.06. The highest BCUT2D eigenvalue weighted by atomic mass is 79.9. The molecule has 1 atom stereocenters. The third-order valence-corrected chi connectivity index (χ3v) is 2.67. The second-order valence-corrected chi connectivity index (χ2v) is 4.12. The van der Waals surface area contributed by atoms with Crippen LogP contribution in [-0.2, 0) is 6.42 Å². The fraction of sp³-hybridized carbons (Fsp3) is 0.400. The molecular formula is C10H14BrN. The topological polar surface area (TPSA) is 26.0 Å². The summed E-state index contributed by atoms with van der Waals surface area (Å²) >= 11 is 3.46. The molecule has 0 aliphatic carbocycles. The van der Waals surface area contributed by atoms with E-state index in [0.717, 1.165) is 10.9 Å². The summed E-state index contributed by atoms with van der Waals surface area (Å²) in [6.07, 6.45) is 0.952. The van der Waals surface area contributed by atoms with E-state index in [4.69, 9.17) is 5.73 Å². The van der Waals surface area contributed by atoms with Gasteiger partial charge in [-0.2, -0.15) is 0 Å². The SMILES string of the molecule is Cc1cc(C[C@@H](C)N)ccc1Br. The monoisotopic (exact) mass is 227 g/mol. The standard InChI is InChI=1S/C10H14BrN/c1-7-5-9(6-8(2)12)3-4-10(7)11/h3-5,8H,6,12H2,1-2H3/t8-/m1/s1. The van der Waals surface area contributed by atoms with E-state index < -0.39 is 0 Å². The van der Waals surface area contributed by atoms with Crippen molar-refractivity contribution in [2.45, 2.75) is 26.3 Å². The van der Waals surface area contributed by atoms with Crippen LogP contribution in [0.4, 0.5) is 0 Å². The maximum atomic E-state index is 5.70. The highest BCUT2D eigenvalue weighted by Crippen LogP contribution is 2.17. The number of aryl methyl sites for hydroxylation is 1. The van der Waals surface area contributed by atoms with Gasteiger partial charge in [0.25, 0.3) is 0 Å². The Kier molecular flexibility index (Phi) is 3.29. The first kappa shape index (κ1) is 9.75. The average Bonchev–Trinajstić information content (AvgIpc) is 1.96. The molecule has 2 heteroatoms. The lowest BCUT2D eigenvalue weighted by Gasteiger charge is -2.06. The van der Waals surface area contributed by atoms with E-state index in [9.17, 15) is 0 Å². The van der Waals surface area contributed by atoms with Crippen LogP contribution in [0, 0.1) is 6.92 Å². The van der Waals surface area contributed by atoms with Crippen LogP contribution in [-0.4, -0.2) is 6.04 Å². The van der Waals surface area contributed by atoms with E-state index in [1.807, 2.05) is 6.92 Å². The molecule has 0 unspecified atom stereocenters. The van der Waals surface area contributed by atoms with Gasteiger partial charge in [0.2, 0.25) is 0 Å². The summed E-state index contributed by atoms with van der Waals surface area (Å²) in [5, 5.41) is 0. The second-order valence-electron chi connectivity index (χ2n) is 3.26. The molecule has 1 aromatic carbocycles. The van der Waals surface area contributed by atoms with E-state index in [1.54, 1.807) is 0 Å². The minimum Gasteiger partial charge on any atom is -0.328 e. The van der Waals surface area contributed by atoms with E-state index in [0.29, 0.717) is 0 Å². The molecule has 2 N–H and O–H groups in total. The van der Waals surface area contributed by atoms with Crippen molar-refractivity contribution in [3.05, 3.63) is 33.8 Å². The quantitative estimate of drug-likeness (QED) is 0.827. The van der Waals surface area contributed by atoms with Crippen molar-refractivity contribution in [3.63, 3.8) is 0 Å². The van der Waals surface area contributed by atoms with Gasteiger partial charge in [-0.3, -0.25) is 0 Å². The van der Waals surface area contributed by atoms with Crippen molar-refractivity contribution in [1.29, 1.82) is 0 Å². The van der Waals surface area contributed by atoms with E-state index in [2.05, 4.69) is 41.1 Å². The molecule has 0 radical (unpaired) electrons. The molecule has 66 valence electrons. The van der Waals surface area contributed by atoms with Gasteiger partial charge < -0.3 is 5.73 Å². The van der Waals surface area contributed by atoms with Crippen molar-refractivity contribution < 1.29 is 0 Å². The summed E-state index contributed by atoms with van der Waals surface area (Å²) in [4.78, 5) is 0. The fourth-order valence-electron chi connectivity index (χ4n) is 1.21. The van der Waals surface area contributed by atoms with Crippen LogP contribution in [0.15, 0.2) is 22.7 Å². The highest BCUT2D eigenvalue weighted by Gasteiger charge is 1.99. The van der Waals surface area contributed by atoms with Crippen LogP contribution in [0.25, 0.3) is 0 Å². The number of nitrogens with two attached hydrogens (primary N) is 1. The second kappa shape index (κ2) is 4.06. The van der Waals surface area contributed by atoms with E-state index >= 15 is 0 Å². The van der Waals surface area contributed by atoms with Crippen molar-refractivity contribution in [3.8, 4) is 0 Å². The number of benzene rings is 1. The molecule has 0 fully saturated rings. The maximum absolute atomic E-state index is 5.70. The van der Waals surface area contributed by atoms with Gasteiger partial charge in [-0.25, -0.2) is 0 Å². The summed E-state index contributed by atoms with van der Waals surface area (Å²) in [7, 11) is 0. The third kappa shape index (κ3) is 2.61. The van der Waals surface area contributed by atoms with E-state index in [1.165, 1.54) is 11.1 Å². The summed E-state index contributed by atoms with van der Waals surface area (Å²) in [5.41, 5.74) is 8.28. The molecule has 1 aromatic rings. The van der Waals surface area contributed by atoms with Gasteiger partial charge >= 0.3 is 0 Å². The number of hydrogen-bond acceptors (Lipinski definition) is 1. The Morgan fingerprint density at radius 2 is 2.17 bits per heavy atom. The van der Waals surface area contributed by atoms with Crippen molar-refractivity contribution >= 4 is 15.9 Å².